The van der Waals surface area contributed by atoms with Crippen LogP contribution in [0.2, 0.25) is 0 Å². The molecule has 1 amide bonds. The molecule has 1 aromatic rings. The summed E-state index contributed by atoms with van der Waals surface area (Å²) in [6.45, 7) is 1.65. The van der Waals surface area contributed by atoms with Crippen LogP contribution in [-0.4, -0.2) is 37.2 Å². The molecule has 0 spiro atoms. The predicted octanol–water partition coefficient (Wildman–Crippen LogP) is 2.29. The van der Waals surface area contributed by atoms with Gasteiger partial charge in [-0.2, -0.15) is 0 Å². The third-order valence-electron chi connectivity index (χ3n) is 3.41. The van der Waals surface area contributed by atoms with Gasteiger partial charge < -0.3 is 15.0 Å². The highest BCUT2D eigenvalue weighted by Crippen LogP contribution is 2.12. The van der Waals surface area contributed by atoms with Gasteiger partial charge in [0, 0.05) is 17.7 Å². The van der Waals surface area contributed by atoms with Crippen molar-refractivity contribution in [1.29, 1.82) is 0 Å². The Labute approximate surface area is 116 Å². The molecule has 0 radical (unpaired) electrons. The van der Waals surface area contributed by atoms with Crippen molar-refractivity contribution in [2.45, 2.75) is 25.5 Å². The maximum atomic E-state index is 13.3. The van der Waals surface area contributed by atoms with E-state index in [9.17, 15) is 13.6 Å². The quantitative estimate of drug-likeness (QED) is 0.926. The summed E-state index contributed by atoms with van der Waals surface area (Å²) in [7, 11) is 2.03. The summed E-state index contributed by atoms with van der Waals surface area (Å²) in [4.78, 5) is 13.8. The molecule has 1 aromatic carbocycles. The summed E-state index contributed by atoms with van der Waals surface area (Å²) in [5, 5.41) is 2.76. The van der Waals surface area contributed by atoms with Crippen molar-refractivity contribution in [2.75, 3.05) is 20.1 Å². The topological polar surface area (TPSA) is 41.6 Å². The molecular formula is C14H18F2N2O2. The Hall–Kier alpha value is -1.69. The first-order chi connectivity index (χ1) is 9.54. The fraction of sp³-hybridized carbons (Fsp3) is 0.500. The first-order valence-electron chi connectivity index (χ1n) is 6.60. The van der Waals surface area contributed by atoms with Crippen LogP contribution in [0.25, 0.3) is 0 Å². The fourth-order valence-corrected chi connectivity index (χ4v) is 2.14. The Bertz CT molecular complexity index is 474. The number of nitrogens with zero attached hydrogens (tertiary/aromatic N) is 1. The lowest BCUT2D eigenvalue weighted by Crippen LogP contribution is -2.43. The molecule has 6 heteroatoms. The largest absolute Gasteiger partial charge is 0.445 e. The molecule has 1 aliphatic rings. The minimum atomic E-state index is -0.711. The molecule has 1 heterocycles. The van der Waals surface area contributed by atoms with Gasteiger partial charge in [0.1, 0.15) is 18.2 Å². The van der Waals surface area contributed by atoms with Gasteiger partial charge in [0.25, 0.3) is 0 Å². The van der Waals surface area contributed by atoms with E-state index in [-0.39, 0.29) is 18.2 Å². The van der Waals surface area contributed by atoms with Crippen molar-refractivity contribution in [2.24, 2.45) is 0 Å². The van der Waals surface area contributed by atoms with Crippen LogP contribution >= 0.6 is 0 Å². The van der Waals surface area contributed by atoms with Crippen molar-refractivity contribution in [3.05, 3.63) is 35.4 Å². The molecule has 110 valence electrons. The van der Waals surface area contributed by atoms with Gasteiger partial charge in [-0.05, 0) is 45.1 Å². The van der Waals surface area contributed by atoms with Gasteiger partial charge >= 0.3 is 6.09 Å². The van der Waals surface area contributed by atoms with Gasteiger partial charge in [-0.15, -0.1) is 0 Å². The lowest BCUT2D eigenvalue weighted by atomic mass is 10.1. The van der Waals surface area contributed by atoms with Crippen molar-refractivity contribution in [1.82, 2.24) is 10.2 Å². The Balaban J connectivity index is 1.77. The number of piperidine rings is 1. The van der Waals surface area contributed by atoms with Crippen LogP contribution in [0.4, 0.5) is 13.6 Å². The molecule has 0 saturated carbocycles. The van der Waals surface area contributed by atoms with E-state index in [1.54, 1.807) is 0 Å². The summed E-state index contributed by atoms with van der Waals surface area (Å²) >= 11 is 0. The average Bonchev–Trinajstić information content (AvgIpc) is 2.40. The first kappa shape index (κ1) is 14.7. The van der Waals surface area contributed by atoms with E-state index >= 15 is 0 Å². The molecule has 2 rings (SSSR count). The summed E-state index contributed by atoms with van der Waals surface area (Å²) < 4.78 is 31.0. The summed E-state index contributed by atoms with van der Waals surface area (Å²) in [5.74, 6) is -1.36. The molecule has 1 N–H and O–H groups in total. The number of nitrogens with one attached hydrogen (secondary N) is 1. The second-order valence-electron chi connectivity index (χ2n) is 5.03. The lowest BCUT2D eigenvalue weighted by Gasteiger charge is -2.29. The summed E-state index contributed by atoms with van der Waals surface area (Å²) in [5.41, 5.74) is 0.157. The number of likely N-dealkylation sites (tertiary alicyclic amines) is 1. The van der Waals surface area contributed by atoms with E-state index in [1.165, 1.54) is 6.07 Å². The maximum Gasteiger partial charge on any atom is 0.407 e. The van der Waals surface area contributed by atoms with Gasteiger partial charge in [-0.3, -0.25) is 0 Å². The normalized spacial score (nSPS) is 16.9. The number of ether oxygens (including phenoxy) is 1. The van der Waals surface area contributed by atoms with Gasteiger partial charge in [-0.1, -0.05) is 0 Å². The first-order valence-corrected chi connectivity index (χ1v) is 6.60. The van der Waals surface area contributed by atoms with Crippen LogP contribution in [0.1, 0.15) is 18.4 Å². The summed E-state index contributed by atoms with van der Waals surface area (Å²) in [6, 6.07) is 3.27. The highest BCUT2D eigenvalue weighted by Gasteiger charge is 2.19. The number of rotatable bonds is 3. The van der Waals surface area contributed by atoms with E-state index < -0.39 is 17.7 Å². The van der Waals surface area contributed by atoms with Crippen LogP contribution in [0.15, 0.2) is 18.2 Å². The van der Waals surface area contributed by atoms with Crippen LogP contribution in [0.3, 0.4) is 0 Å². The van der Waals surface area contributed by atoms with Crippen molar-refractivity contribution in [3.63, 3.8) is 0 Å². The molecule has 0 atom stereocenters. The number of halogens is 2. The molecular weight excluding hydrogens is 266 g/mol. The molecule has 0 aliphatic carbocycles. The Morgan fingerprint density at radius 3 is 2.75 bits per heavy atom. The number of carbonyl (C=O) groups is 1. The number of benzene rings is 1. The van der Waals surface area contributed by atoms with E-state index in [0.717, 1.165) is 38.1 Å². The highest BCUT2D eigenvalue weighted by molar-refractivity contribution is 5.67. The number of carbonyl (C=O) groups excluding carboxylic acids is 1. The zero-order chi connectivity index (χ0) is 14.5. The lowest BCUT2D eigenvalue weighted by molar-refractivity contribution is 0.128. The van der Waals surface area contributed by atoms with Crippen molar-refractivity contribution >= 4 is 6.09 Å². The zero-order valence-corrected chi connectivity index (χ0v) is 11.4. The van der Waals surface area contributed by atoms with Crippen LogP contribution in [0, 0.1) is 11.6 Å². The van der Waals surface area contributed by atoms with Crippen molar-refractivity contribution in [3.8, 4) is 0 Å². The summed E-state index contributed by atoms with van der Waals surface area (Å²) in [6.07, 6.45) is 1.18. The van der Waals surface area contributed by atoms with E-state index in [0.29, 0.717) is 0 Å². The minimum Gasteiger partial charge on any atom is -0.445 e. The molecule has 0 unspecified atom stereocenters. The number of hydrogen-bond acceptors (Lipinski definition) is 3. The molecule has 0 bridgehead atoms. The molecule has 1 saturated heterocycles. The second kappa shape index (κ2) is 6.65. The predicted molar refractivity (Wildman–Crippen MR) is 70.2 cm³/mol. The highest BCUT2D eigenvalue weighted by atomic mass is 19.1. The van der Waals surface area contributed by atoms with E-state index in [4.69, 9.17) is 4.74 Å². The van der Waals surface area contributed by atoms with E-state index in [2.05, 4.69) is 10.2 Å². The van der Waals surface area contributed by atoms with Crippen molar-refractivity contribution < 1.29 is 18.3 Å². The fourth-order valence-electron chi connectivity index (χ4n) is 2.14. The maximum absolute atomic E-state index is 13.3. The Morgan fingerprint density at radius 1 is 1.40 bits per heavy atom. The average molecular weight is 284 g/mol. The number of amides is 1. The standard InChI is InChI=1S/C14H18F2N2O2/c1-18-6-4-12(5-7-18)17-14(19)20-9-10-2-3-11(15)8-13(10)16/h2-3,8,12H,4-7,9H2,1H3,(H,17,19). The van der Waals surface area contributed by atoms with Gasteiger partial charge in [0.2, 0.25) is 0 Å². The molecule has 1 fully saturated rings. The second-order valence-corrected chi connectivity index (χ2v) is 5.03. The van der Waals surface area contributed by atoms with Gasteiger partial charge in [0.15, 0.2) is 0 Å². The van der Waals surface area contributed by atoms with Crippen LogP contribution in [-0.2, 0) is 11.3 Å². The van der Waals surface area contributed by atoms with E-state index in [1.807, 2.05) is 7.05 Å². The molecule has 1 aliphatic heterocycles. The smallest absolute Gasteiger partial charge is 0.407 e. The third-order valence-corrected chi connectivity index (χ3v) is 3.41. The number of hydrogen-bond donors (Lipinski definition) is 1. The minimum absolute atomic E-state index is 0.0942. The Morgan fingerprint density at radius 2 is 2.10 bits per heavy atom. The van der Waals surface area contributed by atoms with Crippen LogP contribution in [0.5, 0.6) is 0 Å². The number of alkyl carbamates (subject to hydrolysis) is 1. The Kier molecular flexibility index (Phi) is 4.89. The van der Waals surface area contributed by atoms with Crippen LogP contribution < -0.4 is 5.32 Å². The zero-order valence-electron chi connectivity index (χ0n) is 11.4. The third kappa shape index (κ3) is 4.16. The SMILES string of the molecule is CN1CCC(NC(=O)OCc2ccc(F)cc2F)CC1. The van der Waals surface area contributed by atoms with Gasteiger partial charge in [-0.25, -0.2) is 13.6 Å². The molecule has 0 aromatic heterocycles. The monoisotopic (exact) mass is 284 g/mol. The molecule has 20 heavy (non-hydrogen) atoms. The molecule has 4 nitrogen and oxygen atoms in total. The van der Waals surface area contributed by atoms with Gasteiger partial charge in [0.05, 0.1) is 0 Å².